The monoisotopic (exact) mass is 430 g/mol. The molecule has 0 aromatic carbocycles. The van der Waals surface area contributed by atoms with Crippen molar-refractivity contribution in [2.24, 2.45) is 10.7 Å². The molecular formula is C15H23IN6O. The second kappa shape index (κ2) is 9.02. The zero-order chi connectivity index (χ0) is 15.2. The molecule has 0 saturated carbocycles. The van der Waals surface area contributed by atoms with E-state index in [1.54, 1.807) is 0 Å². The highest BCUT2D eigenvalue weighted by Gasteiger charge is 2.14. The molecule has 1 aliphatic heterocycles. The first kappa shape index (κ1) is 17.9. The summed E-state index contributed by atoms with van der Waals surface area (Å²) in [5.41, 5.74) is 6.73. The predicted molar refractivity (Wildman–Crippen MR) is 100 cm³/mol. The van der Waals surface area contributed by atoms with Gasteiger partial charge in [-0.2, -0.15) is 0 Å². The van der Waals surface area contributed by atoms with Crippen LogP contribution in [0.3, 0.4) is 0 Å². The standard InChI is InChI=1S/C15H22N6O.HI/c16-15(18-11-12-5-4-10-22-12)17-8-3-7-14-20-19-13-6-1-2-9-21(13)14;/h1-2,6,9,12H,3-5,7-8,10-11H2,(H3,16,17,18);1H. The number of halogens is 1. The van der Waals surface area contributed by atoms with Gasteiger partial charge in [-0.3, -0.25) is 9.39 Å². The van der Waals surface area contributed by atoms with Crippen LogP contribution in [0.15, 0.2) is 29.4 Å². The van der Waals surface area contributed by atoms with Gasteiger partial charge in [-0.25, -0.2) is 0 Å². The van der Waals surface area contributed by atoms with Crippen molar-refractivity contribution >= 4 is 35.6 Å². The van der Waals surface area contributed by atoms with Crippen molar-refractivity contribution in [2.45, 2.75) is 31.8 Å². The van der Waals surface area contributed by atoms with Gasteiger partial charge in [-0.1, -0.05) is 6.07 Å². The highest BCUT2D eigenvalue weighted by atomic mass is 127. The number of aromatic nitrogens is 3. The maximum Gasteiger partial charge on any atom is 0.188 e. The molecule has 126 valence electrons. The third-order valence-electron chi connectivity index (χ3n) is 3.76. The van der Waals surface area contributed by atoms with E-state index < -0.39 is 0 Å². The first-order chi connectivity index (χ1) is 10.8. The summed E-state index contributed by atoms with van der Waals surface area (Å²) in [6, 6.07) is 5.89. The quantitative estimate of drug-likeness (QED) is 0.313. The SMILES string of the molecule is I.NC(=NCC1CCCO1)NCCCc1nnc2ccccn12. The van der Waals surface area contributed by atoms with Crippen LogP contribution in [0.2, 0.25) is 0 Å². The van der Waals surface area contributed by atoms with Crippen molar-refractivity contribution in [2.75, 3.05) is 19.7 Å². The lowest BCUT2D eigenvalue weighted by atomic mass is 10.2. The fraction of sp³-hybridized carbons (Fsp3) is 0.533. The molecule has 23 heavy (non-hydrogen) atoms. The molecule has 0 bridgehead atoms. The van der Waals surface area contributed by atoms with Crippen LogP contribution in [0.4, 0.5) is 0 Å². The van der Waals surface area contributed by atoms with Crippen molar-refractivity contribution in [3.8, 4) is 0 Å². The lowest BCUT2D eigenvalue weighted by Gasteiger charge is -2.08. The van der Waals surface area contributed by atoms with Gasteiger partial charge in [0.15, 0.2) is 11.6 Å². The molecule has 1 fully saturated rings. The van der Waals surface area contributed by atoms with Gasteiger partial charge in [0.2, 0.25) is 0 Å². The normalized spacial score (nSPS) is 18.1. The minimum atomic E-state index is 0. The number of nitrogens with zero attached hydrogens (tertiary/aromatic N) is 4. The molecular weight excluding hydrogens is 407 g/mol. The van der Waals surface area contributed by atoms with Gasteiger partial charge < -0.3 is 15.8 Å². The Bertz CT molecular complexity index is 638. The van der Waals surface area contributed by atoms with Crippen molar-refractivity contribution < 1.29 is 4.74 Å². The molecule has 2 aromatic heterocycles. The van der Waals surface area contributed by atoms with Crippen molar-refractivity contribution in [3.63, 3.8) is 0 Å². The van der Waals surface area contributed by atoms with E-state index in [9.17, 15) is 0 Å². The maximum absolute atomic E-state index is 5.85. The fourth-order valence-electron chi connectivity index (χ4n) is 2.57. The molecule has 1 atom stereocenters. The summed E-state index contributed by atoms with van der Waals surface area (Å²) in [6.07, 6.45) is 6.19. The second-order valence-electron chi connectivity index (χ2n) is 5.44. The summed E-state index contributed by atoms with van der Waals surface area (Å²) in [6.45, 7) is 2.26. The molecule has 0 aliphatic carbocycles. The van der Waals surface area contributed by atoms with Crippen LogP contribution < -0.4 is 11.1 Å². The van der Waals surface area contributed by atoms with E-state index in [-0.39, 0.29) is 30.1 Å². The van der Waals surface area contributed by atoms with E-state index in [4.69, 9.17) is 10.5 Å². The molecule has 1 aliphatic rings. The molecule has 7 nitrogen and oxygen atoms in total. The Kier molecular flexibility index (Phi) is 7.03. The van der Waals surface area contributed by atoms with E-state index in [2.05, 4.69) is 20.5 Å². The van der Waals surface area contributed by atoms with Gasteiger partial charge in [0.05, 0.1) is 12.6 Å². The van der Waals surface area contributed by atoms with Crippen molar-refractivity contribution in [1.82, 2.24) is 19.9 Å². The lowest BCUT2D eigenvalue weighted by Crippen LogP contribution is -2.33. The van der Waals surface area contributed by atoms with Crippen LogP contribution in [0.1, 0.15) is 25.1 Å². The Morgan fingerprint density at radius 3 is 3.17 bits per heavy atom. The molecule has 3 rings (SSSR count). The van der Waals surface area contributed by atoms with Gasteiger partial charge in [-0.05, 0) is 31.4 Å². The van der Waals surface area contributed by atoms with Crippen LogP contribution in [-0.4, -0.2) is 46.4 Å². The third-order valence-corrected chi connectivity index (χ3v) is 3.76. The van der Waals surface area contributed by atoms with Crippen LogP contribution in [0, 0.1) is 0 Å². The third kappa shape index (κ3) is 5.03. The average Bonchev–Trinajstić information content (AvgIpc) is 3.19. The minimum absolute atomic E-state index is 0. The van der Waals surface area contributed by atoms with Crippen LogP contribution in [0.5, 0.6) is 0 Å². The van der Waals surface area contributed by atoms with E-state index in [1.165, 1.54) is 0 Å². The molecule has 3 heterocycles. The number of hydrogen-bond donors (Lipinski definition) is 2. The highest BCUT2D eigenvalue weighted by molar-refractivity contribution is 14.0. The number of nitrogens with two attached hydrogens (primary N) is 1. The number of nitrogens with one attached hydrogen (secondary N) is 1. The topological polar surface area (TPSA) is 89.8 Å². The largest absolute Gasteiger partial charge is 0.376 e. The van der Waals surface area contributed by atoms with E-state index in [1.807, 2.05) is 28.8 Å². The molecule has 0 amide bonds. The summed E-state index contributed by atoms with van der Waals surface area (Å²) in [5.74, 6) is 1.45. The Balaban J connectivity index is 0.00000192. The molecule has 3 N–H and O–H groups in total. The van der Waals surface area contributed by atoms with Gasteiger partial charge in [-0.15, -0.1) is 34.2 Å². The Hall–Kier alpha value is -1.42. The summed E-state index contributed by atoms with van der Waals surface area (Å²) in [4.78, 5) is 4.32. The number of fused-ring (bicyclic) bond motifs is 1. The number of guanidine groups is 1. The van der Waals surface area contributed by atoms with Gasteiger partial charge in [0, 0.05) is 25.8 Å². The molecule has 1 unspecified atom stereocenters. The summed E-state index contributed by atoms with van der Waals surface area (Å²) < 4.78 is 7.52. The number of pyridine rings is 1. The average molecular weight is 430 g/mol. The van der Waals surface area contributed by atoms with E-state index >= 15 is 0 Å². The smallest absolute Gasteiger partial charge is 0.188 e. The highest BCUT2D eigenvalue weighted by Crippen LogP contribution is 2.11. The molecule has 1 saturated heterocycles. The minimum Gasteiger partial charge on any atom is -0.376 e. The molecule has 0 radical (unpaired) electrons. The molecule has 8 heteroatoms. The first-order valence-electron chi connectivity index (χ1n) is 7.77. The lowest BCUT2D eigenvalue weighted by molar-refractivity contribution is 0.118. The van der Waals surface area contributed by atoms with Gasteiger partial charge >= 0.3 is 0 Å². The van der Waals surface area contributed by atoms with Gasteiger partial charge in [0.1, 0.15) is 5.82 Å². The van der Waals surface area contributed by atoms with E-state index in [0.717, 1.165) is 50.3 Å². The number of aryl methyl sites for hydroxylation is 1. The second-order valence-corrected chi connectivity index (χ2v) is 5.44. The van der Waals surface area contributed by atoms with Crippen LogP contribution in [-0.2, 0) is 11.2 Å². The fourth-order valence-corrected chi connectivity index (χ4v) is 2.57. The van der Waals surface area contributed by atoms with Crippen molar-refractivity contribution in [1.29, 1.82) is 0 Å². The Morgan fingerprint density at radius 2 is 2.35 bits per heavy atom. The number of aliphatic imine (C=N–C) groups is 1. The zero-order valence-electron chi connectivity index (χ0n) is 13.0. The van der Waals surface area contributed by atoms with Crippen LogP contribution in [0.25, 0.3) is 5.65 Å². The zero-order valence-corrected chi connectivity index (χ0v) is 15.3. The predicted octanol–water partition coefficient (Wildman–Crippen LogP) is 1.36. The molecule has 2 aromatic rings. The van der Waals surface area contributed by atoms with Crippen LogP contribution >= 0.6 is 24.0 Å². The Morgan fingerprint density at radius 1 is 1.43 bits per heavy atom. The molecule has 0 spiro atoms. The number of hydrogen-bond acceptors (Lipinski definition) is 4. The first-order valence-corrected chi connectivity index (χ1v) is 7.77. The van der Waals surface area contributed by atoms with E-state index in [0.29, 0.717) is 12.5 Å². The maximum atomic E-state index is 5.85. The van der Waals surface area contributed by atoms with Crippen molar-refractivity contribution in [3.05, 3.63) is 30.2 Å². The number of ether oxygens (including phenoxy) is 1. The Labute approximate surface area is 152 Å². The summed E-state index contributed by atoms with van der Waals surface area (Å²) >= 11 is 0. The number of rotatable bonds is 6. The van der Waals surface area contributed by atoms with Gasteiger partial charge in [0.25, 0.3) is 0 Å². The summed E-state index contributed by atoms with van der Waals surface area (Å²) in [5, 5.41) is 11.5. The summed E-state index contributed by atoms with van der Waals surface area (Å²) in [7, 11) is 0.